The van der Waals surface area contributed by atoms with Crippen molar-refractivity contribution in [1.82, 2.24) is 5.32 Å². The molecule has 0 aromatic carbocycles. The monoisotopic (exact) mass is 183 g/mol. The average molecular weight is 183 g/mol. The third-order valence-corrected chi connectivity index (χ3v) is 3.45. The van der Waals surface area contributed by atoms with Crippen LogP contribution in [0.4, 0.5) is 0 Å². The molecule has 2 N–H and O–H groups in total. The number of rotatable bonds is 2. The number of hydrogen-bond acceptors (Lipinski definition) is 2. The van der Waals surface area contributed by atoms with Crippen molar-refractivity contribution in [1.29, 1.82) is 0 Å². The largest absolute Gasteiger partial charge is 0.480 e. The van der Waals surface area contributed by atoms with Gasteiger partial charge in [0, 0.05) is 6.04 Å². The minimum absolute atomic E-state index is 0.273. The van der Waals surface area contributed by atoms with Crippen LogP contribution in [0.1, 0.15) is 38.5 Å². The Morgan fingerprint density at radius 1 is 1.15 bits per heavy atom. The molecule has 3 nitrogen and oxygen atoms in total. The molecule has 0 radical (unpaired) electrons. The fourth-order valence-corrected chi connectivity index (χ4v) is 2.70. The van der Waals surface area contributed by atoms with Crippen LogP contribution in [-0.4, -0.2) is 23.2 Å². The number of carboxylic acid groups (broad SMARTS) is 1. The van der Waals surface area contributed by atoms with Gasteiger partial charge in [0.05, 0.1) is 0 Å². The molecule has 0 aromatic heterocycles. The molecule has 13 heavy (non-hydrogen) atoms. The lowest BCUT2D eigenvalue weighted by Gasteiger charge is -2.18. The Morgan fingerprint density at radius 2 is 1.85 bits per heavy atom. The highest BCUT2D eigenvalue weighted by molar-refractivity contribution is 5.73. The van der Waals surface area contributed by atoms with Crippen molar-refractivity contribution in [2.24, 2.45) is 5.92 Å². The second-order valence-corrected chi connectivity index (χ2v) is 4.29. The van der Waals surface area contributed by atoms with Crippen molar-refractivity contribution in [3.63, 3.8) is 0 Å². The molecule has 2 fully saturated rings. The quantitative estimate of drug-likeness (QED) is 0.680. The third-order valence-electron chi connectivity index (χ3n) is 3.45. The normalized spacial score (nSPS) is 35.4. The van der Waals surface area contributed by atoms with Crippen LogP contribution in [0.5, 0.6) is 0 Å². The van der Waals surface area contributed by atoms with Crippen LogP contribution in [0.2, 0.25) is 0 Å². The summed E-state index contributed by atoms with van der Waals surface area (Å²) in [5.41, 5.74) is 0. The topological polar surface area (TPSA) is 49.3 Å². The summed E-state index contributed by atoms with van der Waals surface area (Å²) in [6, 6.07) is 0.217. The number of carbonyl (C=O) groups is 1. The highest BCUT2D eigenvalue weighted by atomic mass is 16.4. The Balaban J connectivity index is 1.86. The predicted octanol–water partition coefficient (Wildman–Crippen LogP) is 1.38. The van der Waals surface area contributed by atoms with Gasteiger partial charge in [0.15, 0.2) is 0 Å². The number of carboxylic acids is 1. The summed E-state index contributed by atoms with van der Waals surface area (Å²) in [5.74, 6) is 0.0739. The maximum Gasteiger partial charge on any atom is 0.320 e. The number of nitrogens with one attached hydrogen (secondary N) is 1. The fraction of sp³-hybridized carbons (Fsp3) is 0.900. The summed E-state index contributed by atoms with van der Waals surface area (Å²) in [5, 5.41) is 12.0. The lowest BCUT2D eigenvalue weighted by atomic mass is 9.97. The molecular formula is C10H17NO2. The zero-order chi connectivity index (χ0) is 9.26. The Kier molecular flexibility index (Phi) is 2.54. The van der Waals surface area contributed by atoms with E-state index in [9.17, 15) is 4.79 Å². The average Bonchev–Trinajstić information content (AvgIpc) is 2.75. The first kappa shape index (κ1) is 9.00. The van der Waals surface area contributed by atoms with Crippen molar-refractivity contribution in [2.75, 3.05) is 0 Å². The molecule has 3 heteroatoms. The molecular weight excluding hydrogens is 166 g/mol. The molecule has 1 saturated carbocycles. The van der Waals surface area contributed by atoms with Gasteiger partial charge >= 0.3 is 5.97 Å². The molecule has 1 saturated heterocycles. The molecule has 1 aliphatic carbocycles. The Morgan fingerprint density at radius 3 is 2.38 bits per heavy atom. The minimum atomic E-state index is -0.680. The molecule has 0 amide bonds. The van der Waals surface area contributed by atoms with E-state index in [1.807, 2.05) is 0 Å². The lowest BCUT2D eigenvalue weighted by Crippen LogP contribution is -2.38. The molecule has 0 aromatic rings. The van der Waals surface area contributed by atoms with Crippen molar-refractivity contribution < 1.29 is 9.90 Å². The second kappa shape index (κ2) is 3.66. The lowest BCUT2D eigenvalue weighted by molar-refractivity contribution is -0.139. The summed E-state index contributed by atoms with van der Waals surface area (Å²) in [6.07, 6.45) is 7.13. The van der Waals surface area contributed by atoms with Crippen molar-refractivity contribution in [3.05, 3.63) is 0 Å². The van der Waals surface area contributed by atoms with Gasteiger partial charge in [0.25, 0.3) is 0 Å². The fourth-order valence-electron chi connectivity index (χ4n) is 2.70. The molecule has 2 aliphatic rings. The van der Waals surface area contributed by atoms with E-state index in [2.05, 4.69) is 5.32 Å². The van der Waals surface area contributed by atoms with E-state index in [-0.39, 0.29) is 6.04 Å². The van der Waals surface area contributed by atoms with Gasteiger partial charge in [-0.1, -0.05) is 12.8 Å². The van der Waals surface area contributed by atoms with Crippen LogP contribution < -0.4 is 5.32 Å². The van der Waals surface area contributed by atoms with E-state index in [1.165, 1.54) is 25.7 Å². The van der Waals surface area contributed by atoms with E-state index in [0.29, 0.717) is 6.04 Å². The number of aliphatic carboxylic acids is 1. The molecule has 0 spiro atoms. The SMILES string of the molecule is O=C(O)[C@@H]1CC[C@H](C2CCCC2)N1. The van der Waals surface area contributed by atoms with Gasteiger partial charge in [0.2, 0.25) is 0 Å². The first-order chi connectivity index (χ1) is 6.27. The van der Waals surface area contributed by atoms with E-state index in [1.54, 1.807) is 0 Å². The van der Waals surface area contributed by atoms with Crippen molar-refractivity contribution >= 4 is 5.97 Å². The summed E-state index contributed by atoms with van der Waals surface area (Å²) in [7, 11) is 0. The Labute approximate surface area is 78.5 Å². The number of hydrogen-bond donors (Lipinski definition) is 2. The molecule has 2 rings (SSSR count). The smallest absolute Gasteiger partial charge is 0.320 e. The van der Waals surface area contributed by atoms with Crippen LogP contribution >= 0.6 is 0 Å². The first-order valence-electron chi connectivity index (χ1n) is 5.26. The highest BCUT2D eigenvalue weighted by Crippen LogP contribution is 2.32. The minimum Gasteiger partial charge on any atom is -0.480 e. The maximum absolute atomic E-state index is 10.7. The molecule has 74 valence electrons. The van der Waals surface area contributed by atoms with Crippen LogP contribution in [0, 0.1) is 5.92 Å². The molecule has 0 bridgehead atoms. The zero-order valence-electron chi connectivity index (χ0n) is 7.83. The Bertz CT molecular complexity index is 199. The van der Waals surface area contributed by atoms with E-state index >= 15 is 0 Å². The van der Waals surface area contributed by atoms with Crippen LogP contribution in [0.25, 0.3) is 0 Å². The van der Waals surface area contributed by atoms with Crippen LogP contribution in [-0.2, 0) is 4.79 Å². The van der Waals surface area contributed by atoms with E-state index in [4.69, 9.17) is 5.11 Å². The van der Waals surface area contributed by atoms with Gasteiger partial charge in [-0.25, -0.2) is 0 Å². The summed E-state index contributed by atoms with van der Waals surface area (Å²) in [6.45, 7) is 0. The standard InChI is InChI=1S/C10H17NO2/c12-10(13)9-6-5-8(11-9)7-3-1-2-4-7/h7-9,11H,1-6H2,(H,12,13)/t8-,9+/m1/s1. The van der Waals surface area contributed by atoms with E-state index < -0.39 is 5.97 Å². The summed E-state index contributed by atoms with van der Waals surface area (Å²) in [4.78, 5) is 10.7. The van der Waals surface area contributed by atoms with Crippen molar-refractivity contribution in [2.45, 2.75) is 50.6 Å². The van der Waals surface area contributed by atoms with Gasteiger partial charge in [-0.2, -0.15) is 0 Å². The van der Waals surface area contributed by atoms with Crippen molar-refractivity contribution in [3.8, 4) is 0 Å². The third kappa shape index (κ3) is 1.85. The maximum atomic E-state index is 10.7. The second-order valence-electron chi connectivity index (χ2n) is 4.29. The van der Waals surface area contributed by atoms with E-state index in [0.717, 1.165) is 18.8 Å². The summed E-state index contributed by atoms with van der Waals surface area (Å²) >= 11 is 0. The molecule has 1 heterocycles. The predicted molar refractivity (Wildman–Crippen MR) is 49.5 cm³/mol. The van der Waals surface area contributed by atoms with Gasteiger partial charge in [-0.3, -0.25) is 4.79 Å². The molecule has 1 aliphatic heterocycles. The van der Waals surface area contributed by atoms with Crippen LogP contribution in [0.3, 0.4) is 0 Å². The van der Waals surface area contributed by atoms with Crippen LogP contribution in [0.15, 0.2) is 0 Å². The highest BCUT2D eigenvalue weighted by Gasteiger charge is 2.34. The van der Waals surface area contributed by atoms with Gasteiger partial charge in [0.1, 0.15) is 6.04 Å². The Hall–Kier alpha value is -0.570. The summed E-state index contributed by atoms with van der Waals surface area (Å²) < 4.78 is 0. The zero-order valence-corrected chi connectivity index (χ0v) is 7.83. The van der Waals surface area contributed by atoms with Gasteiger partial charge in [-0.15, -0.1) is 0 Å². The van der Waals surface area contributed by atoms with Gasteiger partial charge < -0.3 is 10.4 Å². The molecule has 0 unspecified atom stereocenters. The van der Waals surface area contributed by atoms with Gasteiger partial charge in [-0.05, 0) is 31.6 Å². The first-order valence-corrected chi connectivity index (χ1v) is 5.26. The molecule has 2 atom stereocenters.